The Kier molecular flexibility index (Phi) is 2.24. The Morgan fingerprint density at radius 2 is 1.75 bits per heavy atom. The summed E-state index contributed by atoms with van der Waals surface area (Å²) in [7, 11) is 0. The van der Waals surface area contributed by atoms with Crippen molar-refractivity contribution < 1.29 is 9.90 Å². The molecule has 1 aliphatic rings. The number of fused-ring (bicyclic) bond motifs is 2. The van der Waals surface area contributed by atoms with Crippen LogP contribution in [-0.2, 0) is 12.8 Å². The van der Waals surface area contributed by atoms with Crippen molar-refractivity contribution in [1.29, 1.82) is 0 Å². The topological polar surface area (TPSA) is 42.2 Å². The minimum atomic E-state index is -0.871. The highest BCUT2D eigenvalue weighted by Gasteiger charge is 2.20. The summed E-state index contributed by atoms with van der Waals surface area (Å²) in [6, 6.07) is 14.1. The summed E-state index contributed by atoms with van der Waals surface area (Å²) in [5.74, 6) is -0.871. The highest BCUT2D eigenvalue weighted by molar-refractivity contribution is 6.05. The average molecular weight is 263 g/mol. The summed E-state index contributed by atoms with van der Waals surface area (Å²) in [4.78, 5) is 11.5. The van der Waals surface area contributed by atoms with Gasteiger partial charge in [0.1, 0.15) is 0 Å². The van der Waals surface area contributed by atoms with Crippen molar-refractivity contribution in [3.8, 4) is 5.69 Å². The molecule has 4 rings (SSSR count). The lowest BCUT2D eigenvalue weighted by Crippen LogP contribution is -1.97. The molecule has 0 amide bonds. The van der Waals surface area contributed by atoms with Crippen LogP contribution < -0.4 is 0 Å². The van der Waals surface area contributed by atoms with E-state index in [0.717, 1.165) is 29.4 Å². The fraction of sp³-hybridized carbons (Fsp3) is 0.118. The van der Waals surface area contributed by atoms with Gasteiger partial charge < -0.3 is 9.67 Å². The van der Waals surface area contributed by atoms with Crippen molar-refractivity contribution in [2.24, 2.45) is 0 Å². The lowest BCUT2D eigenvalue weighted by atomic mass is 10.0. The first-order chi connectivity index (χ1) is 9.75. The van der Waals surface area contributed by atoms with E-state index in [0.29, 0.717) is 5.56 Å². The molecule has 0 saturated heterocycles. The van der Waals surface area contributed by atoms with Crippen LogP contribution in [0.5, 0.6) is 0 Å². The summed E-state index contributed by atoms with van der Waals surface area (Å²) in [6.07, 6.45) is 3.68. The predicted octanol–water partition coefficient (Wildman–Crippen LogP) is 3.43. The molecule has 0 unspecified atom stereocenters. The molecule has 98 valence electrons. The molecule has 3 aromatic rings. The van der Waals surface area contributed by atoms with Crippen molar-refractivity contribution in [3.63, 3.8) is 0 Å². The lowest BCUT2D eigenvalue weighted by molar-refractivity contribution is 0.0699. The van der Waals surface area contributed by atoms with Crippen LogP contribution in [0.4, 0.5) is 0 Å². The van der Waals surface area contributed by atoms with Crippen molar-refractivity contribution in [3.05, 3.63) is 65.4 Å². The fourth-order valence-electron chi connectivity index (χ4n) is 3.15. The van der Waals surface area contributed by atoms with Crippen LogP contribution in [-0.4, -0.2) is 15.6 Å². The van der Waals surface area contributed by atoms with Gasteiger partial charge in [0.15, 0.2) is 0 Å². The van der Waals surface area contributed by atoms with Gasteiger partial charge in [0.05, 0.1) is 11.1 Å². The molecule has 2 heterocycles. The number of nitrogens with zero attached hydrogens (tertiary/aromatic N) is 1. The van der Waals surface area contributed by atoms with E-state index in [1.807, 2.05) is 28.8 Å². The molecule has 1 aliphatic heterocycles. The summed E-state index contributed by atoms with van der Waals surface area (Å²) >= 11 is 0. The molecule has 3 heteroatoms. The molecule has 2 aromatic carbocycles. The molecule has 0 aliphatic carbocycles. The second kappa shape index (κ2) is 3.97. The van der Waals surface area contributed by atoms with Crippen LogP contribution in [0, 0.1) is 0 Å². The first kappa shape index (κ1) is 11.3. The van der Waals surface area contributed by atoms with Crippen LogP contribution in [0.15, 0.2) is 48.7 Å². The molecule has 20 heavy (non-hydrogen) atoms. The van der Waals surface area contributed by atoms with Gasteiger partial charge in [-0.1, -0.05) is 36.4 Å². The highest BCUT2D eigenvalue weighted by atomic mass is 16.4. The van der Waals surface area contributed by atoms with Gasteiger partial charge in [0.2, 0.25) is 0 Å². The Hall–Kier alpha value is -2.55. The Balaban J connectivity index is 2.16. The highest BCUT2D eigenvalue weighted by Crippen LogP contribution is 2.32. The standard InChI is InChI=1S/C17H13NO2/c19-17(20)14-10-18-15-7-2-1-4-11(15)8-9-12-5-3-6-13(14)16(12)18/h1-7,10H,8-9H2,(H,19,20). The third kappa shape index (κ3) is 1.43. The molecule has 3 nitrogen and oxygen atoms in total. The maximum absolute atomic E-state index is 11.5. The Labute approximate surface area is 116 Å². The summed E-state index contributed by atoms with van der Waals surface area (Å²) < 4.78 is 2.04. The van der Waals surface area contributed by atoms with E-state index in [4.69, 9.17) is 0 Å². The zero-order valence-corrected chi connectivity index (χ0v) is 10.8. The van der Waals surface area contributed by atoms with E-state index in [1.165, 1.54) is 11.1 Å². The zero-order valence-electron chi connectivity index (χ0n) is 10.8. The first-order valence-corrected chi connectivity index (χ1v) is 6.70. The maximum Gasteiger partial charge on any atom is 0.337 e. The minimum Gasteiger partial charge on any atom is -0.478 e. The first-order valence-electron chi connectivity index (χ1n) is 6.70. The smallest absolute Gasteiger partial charge is 0.337 e. The van der Waals surface area contributed by atoms with Gasteiger partial charge in [-0.2, -0.15) is 0 Å². The van der Waals surface area contributed by atoms with Crippen molar-refractivity contribution in [2.75, 3.05) is 0 Å². The fourth-order valence-corrected chi connectivity index (χ4v) is 3.15. The van der Waals surface area contributed by atoms with Gasteiger partial charge in [0.25, 0.3) is 0 Å². The monoisotopic (exact) mass is 263 g/mol. The Morgan fingerprint density at radius 3 is 2.60 bits per heavy atom. The number of carboxylic acids is 1. The molecular weight excluding hydrogens is 250 g/mol. The second-order valence-electron chi connectivity index (χ2n) is 5.16. The van der Waals surface area contributed by atoms with Crippen molar-refractivity contribution in [2.45, 2.75) is 12.8 Å². The number of aryl methyl sites for hydroxylation is 2. The molecule has 0 fully saturated rings. The average Bonchev–Trinajstić information content (AvgIpc) is 2.77. The van der Waals surface area contributed by atoms with Crippen LogP contribution in [0.25, 0.3) is 16.6 Å². The van der Waals surface area contributed by atoms with Crippen LogP contribution in [0.1, 0.15) is 21.5 Å². The molecule has 0 atom stereocenters. The van der Waals surface area contributed by atoms with Crippen LogP contribution in [0.3, 0.4) is 0 Å². The number of carbonyl (C=O) groups is 1. The van der Waals surface area contributed by atoms with Gasteiger partial charge in [-0.05, 0) is 30.0 Å². The number of rotatable bonds is 1. The molecule has 1 aromatic heterocycles. The molecule has 0 saturated carbocycles. The molecule has 1 N–H and O–H groups in total. The van der Waals surface area contributed by atoms with Crippen LogP contribution >= 0.6 is 0 Å². The lowest BCUT2D eigenvalue weighted by Gasteiger charge is -2.08. The summed E-state index contributed by atoms with van der Waals surface area (Å²) in [6.45, 7) is 0. The second-order valence-corrected chi connectivity index (χ2v) is 5.16. The number of aromatic carboxylic acids is 1. The minimum absolute atomic E-state index is 0.374. The molecule has 0 radical (unpaired) electrons. The normalized spacial score (nSPS) is 13.0. The summed E-state index contributed by atoms with van der Waals surface area (Å²) in [5.41, 5.74) is 4.98. The van der Waals surface area contributed by atoms with Gasteiger partial charge in [-0.25, -0.2) is 4.79 Å². The van der Waals surface area contributed by atoms with Gasteiger partial charge in [-0.3, -0.25) is 0 Å². The summed E-state index contributed by atoms with van der Waals surface area (Å²) in [5, 5.41) is 10.2. The number of hydrogen-bond donors (Lipinski definition) is 1. The molecular formula is C17H13NO2. The van der Waals surface area contributed by atoms with E-state index in [2.05, 4.69) is 18.2 Å². The molecule has 0 spiro atoms. The van der Waals surface area contributed by atoms with E-state index in [9.17, 15) is 9.90 Å². The zero-order chi connectivity index (χ0) is 13.7. The largest absolute Gasteiger partial charge is 0.478 e. The van der Waals surface area contributed by atoms with Crippen molar-refractivity contribution >= 4 is 16.9 Å². The maximum atomic E-state index is 11.5. The third-order valence-corrected chi connectivity index (χ3v) is 4.05. The van der Waals surface area contributed by atoms with E-state index in [-0.39, 0.29) is 0 Å². The number of benzene rings is 2. The molecule has 0 bridgehead atoms. The SMILES string of the molecule is O=C(O)c1cn2c3c(cccc13)CCc1ccccc1-2. The Morgan fingerprint density at radius 1 is 1.00 bits per heavy atom. The Bertz CT molecular complexity index is 845. The van der Waals surface area contributed by atoms with E-state index in [1.54, 1.807) is 6.20 Å². The van der Waals surface area contributed by atoms with Gasteiger partial charge >= 0.3 is 5.97 Å². The number of carboxylic acid groups (broad SMARTS) is 1. The number of aromatic nitrogens is 1. The predicted molar refractivity (Wildman–Crippen MR) is 77.6 cm³/mol. The van der Waals surface area contributed by atoms with Crippen LogP contribution in [0.2, 0.25) is 0 Å². The number of para-hydroxylation sites is 2. The number of hydrogen-bond acceptors (Lipinski definition) is 1. The van der Waals surface area contributed by atoms with E-state index >= 15 is 0 Å². The van der Waals surface area contributed by atoms with Gasteiger partial charge in [-0.15, -0.1) is 0 Å². The third-order valence-electron chi connectivity index (χ3n) is 4.05. The van der Waals surface area contributed by atoms with E-state index < -0.39 is 5.97 Å². The van der Waals surface area contributed by atoms with Gasteiger partial charge in [0, 0.05) is 17.3 Å². The van der Waals surface area contributed by atoms with Crippen molar-refractivity contribution in [1.82, 2.24) is 4.57 Å². The quantitative estimate of drug-likeness (QED) is 0.731.